The molecular formula is C11H14N2O. The van der Waals surface area contributed by atoms with Crippen LogP contribution in [-0.4, -0.2) is 12.5 Å². The first kappa shape index (κ1) is 9.21. The molecule has 0 spiro atoms. The van der Waals surface area contributed by atoms with E-state index in [1.54, 1.807) is 0 Å². The molecule has 0 aliphatic carbocycles. The molecule has 1 aromatic carbocycles. The molecule has 1 saturated heterocycles. The van der Waals surface area contributed by atoms with Crippen LogP contribution >= 0.6 is 0 Å². The van der Waals surface area contributed by atoms with Crippen LogP contribution in [0.15, 0.2) is 30.3 Å². The third kappa shape index (κ3) is 1.40. The molecule has 0 aromatic heterocycles. The van der Waals surface area contributed by atoms with Crippen molar-refractivity contribution >= 4 is 5.91 Å². The molecule has 3 N–H and O–H groups in total. The fraction of sp³-hybridized carbons (Fsp3) is 0.364. The van der Waals surface area contributed by atoms with Crippen LogP contribution in [0.5, 0.6) is 0 Å². The van der Waals surface area contributed by atoms with Crippen LogP contribution in [0.1, 0.15) is 18.4 Å². The SMILES string of the molecule is NCC1(c2ccccc2)CCC(=O)N1. The third-order valence-corrected chi connectivity index (χ3v) is 2.83. The van der Waals surface area contributed by atoms with E-state index in [1.807, 2.05) is 30.3 Å². The maximum Gasteiger partial charge on any atom is 0.220 e. The molecule has 3 nitrogen and oxygen atoms in total. The lowest BCUT2D eigenvalue weighted by Gasteiger charge is -2.27. The molecule has 3 heteroatoms. The molecule has 1 aliphatic rings. The van der Waals surface area contributed by atoms with Gasteiger partial charge in [0.1, 0.15) is 0 Å². The number of hydrogen-bond donors (Lipinski definition) is 2. The van der Waals surface area contributed by atoms with Gasteiger partial charge in [-0.15, -0.1) is 0 Å². The monoisotopic (exact) mass is 190 g/mol. The number of nitrogens with one attached hydrogen (secondary N) is 1. The van der Waals surface area contributed by atoms with Gasteiger partial charge < -0.3 is 11.1 Å². The number of hydrogen-bond acceptors (Lipinski definition) is 2. The molecule has 0 radical (unpaired) electrons. The molecule has 1 unspecified atom stereocenters. The fourth-order valence-electron chi connectivity index (χ4n) is 1.96. The first-order valence-corrected chi connectivity index (χ1v) is 4.83. The average Bonchev–Trinajstić information content (AvgIpc) is 2.63. The zero-order valence-corrected chi connectivity index (χ0v) is 7.99. The highest BCUT2D eigenvalue weighted by molar-refractivity contribution is 5.79. The molecule has 2 rings (SSSR count). The van der Waals surface area contributed by atoms with Gasteiger partial charge in [-0.25, -0.2) is 0 Å². The summed E-state index contributed by atoms with van der Waals surface area (Å²) in [5.41, 5.74) is 6.53. The van der Waals surface area contributed by atoms with E-state index >= 15 is 0 Å². The molecule has 74 valence electrons. The molecule has 1 aromatic rings. The van der Waals surface area contributed by atoms with Crippen molar-refractivity contribution in [3.63, 3.8) is 0 Å². The minimum Gasteiger partial charge on any atom is -0.345 e. The number of nitrogens with two attached hydrogens (primary N) is 1. The molecule has 14 heavy (non-hydrogen) atoms. The Morgan fingerprint density at radius 1 is 1.36 bits per heavy atom. The zero-order chi connectivity index (χ0) is 10.0. The molecule has 0 bridgehead atoms. The summed E-state index contributed by atoms with van der Waals surface area (Å²) in [6.45, 7) is 0.461. The van der Waals surface area contributed by atoms with Crippen LogP contribution in [0.4, 0.5) is 0 Å². The van der Waals surface area contributed by atoms with Gasteiger partial charge in [-0.05, 0) is 12.0 Å². The zero-order valence-electron chi connectivity index (χ0n) is 7.99. The topological polar surface area (TPSA) is 55.1 Å². The summed E-state index contributed by atoms with van der Waals surface area (Å²) in [6, 6.07) is 9.93. The lowest BCUT2D eigenvalue weighted by molar-refractivity contribution is -0.119. The van der Waals surface area contributed by atoms with Crippen molar-refractivity contribution in [3.05, 3.63) is 35.9 Å². The summed E-state index contributed by atoms with van der Waals surface area (Å²) < 4.78 is 0. The Morgan fingerprint density at radius 3 is 2.57 bits per heavy atom. The van der Waals surface area contributed by atoms with Crippen molar-refractivity contribution in [2.75, 3.05) is 6.54 Å². The van der Waals surface area contributed by atoms with Crippen molar-refractivity contribution in [1.82, 2.24) is 5.32 Å². The number of amides is 1. The summed E-state index contributed by atoms with van der Waals surface area (Å²) in [4.78, 5) is 11.2. The van der Waals surface area contributed by atoms with E-state index < -0.39 is 0 Å². The average molecular weight is 190 g/mol. The van der Waals surface area contributed by atoms with Crippen molar-refractivity contribution < 1.29 is 4.79 Å². The van der Waals surface area contributed by atoms with Gasteiger partial charge in [0.25, 0.3) is 0 Å². The predicted molar refractivity (Wildman–Crippen MR) is 54.6 cm³/mol. The van der Waals surface area contributed by atoms with Gasteiger partial charge in [0, 0.05) is 13.0 Å². The largest absolute Gasteiger partial charge is 0.345 e. The van der Waals surface area contributed by atoms with E-state index in [-0.39, 0.29) is 11.4 Å². The Balaban J connectivity index is 2.34. The Morgan fingerprint density at radius 2 is 2.07 bits per heavy atom. The van der Waals surface area contributed by atoms with E-state index in [4.69, 9.17) is 5.73 Å². The number of rotatable bonds is 2. The standard InChI is InChI=1S/C11H14N2O/c12-8-11(7-6-10(14)13-11)9-4-2-1-3-5-9/h1-5H,6-8,12H2,(H,13,14). The molecular weight excluding hydrogens is 176 g/mol. The van der Waals surface area contributed by atoms with E-state index in [9.17, 15) is 4.79 Å². The second-order valence-electron chi connectivity index (χ2n) is 3.70. The Hall–Kier alpha value is -1.35. The Labute approximate surface area is 83.3 Å². The normalized spacial score (nSPS) is 26.2. The van der Waals surface area contributed by atoms with Crippen molar-refractivity contribution in [2.45, 2.75) is 18.4 Å². The number of carbonyl (C=O) groups excluding carboxylic acids is 1. The first-order valence-electron chi connectivity index (χ1n) is 4.83. The second-order valence-corrected chi connectivity index (χ2v) is 3.70. The minimum atomic E-state index is -0.321. The van der Waals surface area contributed by atoms with Crippen molar-refractivity contribution in [1.29, 1.82) is 0 Å². The lowest BCUT2D eigenvalue weighted by atomic mass is 9.89. The van der Waals surface area contributed by atoms with Gasteiger partial charge in [0.15, 0.2) is 0 Å². The third-order valence-electron chi connectivity index (χ3n) is 2.83. The Bertz CT molecular complexity index is 336. The first-order chi connectivity index (χ1) is 6.77. The fourth-order valence-corrected chi connectivity index (χ4v) is 1.96. The minimum absolute atomic E-state index is 0.0966. The van der Waals surface area contributed by atoms with E-state index in [0.717, 1.165) is 12.0 Å². The summed E-state index contributed by atoms with van der Waals surface area (Å²) >= 11 is 0. The van der Waals surface area contributed by atoms with E-state index in [0.29, 0.717) is 13.0 Å². The van der Waals surface area contributed by atoms with Crippen molar-refractivity contribution in [2.24, 2.45) is 5.73 Å². The molecule has 0 saturated carbocycles. The van der Waals surface area contributed by atoms with Gasteiger partial charge in [-0.2, -0.15) is 0 Å². The molecule has 1 aliphatic heterocycles. The lowest BCUT2D eigenvalue weighted by Crippen LogP contribution is -2.45. The van der Waals surface area contributed by atoms with Crippen LogP contribution in [0.3, 0.4) is 0 Å². The molecule has 1 amide bonds. The van der Waals surface area contributed by atoms with Gasteiger partial charge in [-0.3, -0.25) is 4.79 Å². The molecule has 1 fully saturated rings. The number of benzene rings is 1. The van der Waals surface area contributed by atoms with Crippen LogP contribution in [0.2, 0.25) is 0 Å². The highest BCUT2D eigenvalue weighted by Gasteiger charge is 2.37. The smallest absolute Gasteiger partial charge is 0.220 e. The summed E-state index contributed by atoms with van der Waals surface area (Å²) in [6.07, 6.45) is 1.37. The number of carbonyl (C=O) groups is 1. The van der Waals surface area contributed by atoms with Gasteiger partial charge in [0.2, 0.25) is 5.91 Å². The highest BCUT2D eigenvalue weighted by atomic mass is 16.2. The van der Waals surface area contributed by atoms with Gasteiger partial charge >= 0.3 is 0 Å². The van der Waals surface area contributed by atoms with Crippen LogP contribution in [-0.2, 0) is 10.3 Å². The van der Waals surface area contributed by atoms with Crippen LogP contribution < -0.4 is 11.1 Å². The predicted octanol–water partition coefficient (Wildman–Crippen LogP) is 0.751. The summed E-state index contributed by atoms with van der Waals surface area (Å²) in [7, 11) is 0. The summed E-state index contributed by atoms with van der Waals surface area (Å²) in [5, 5.41) is 2.97. The highest BCUT2D eigenvalue weighted by Crippen LogP contribution is 2.29. The van der Waals surface area contributed by atoms with Crippen molar-refractivity contribution in [3.8, 4) is 0 Å². The van der Waals surface area contributed by atoms with Gasteiger partial charge in [0.05, 0.1) is 5.54 Å². The quantitative estimate of drug-likeness (QED) is 0.723. The van der Waals surface area contributed by atoms with E-state index in [2.05, 4.69) is 5.32 Å². The molecule has 1 heterocycles. The summed E-state index contributed by atoms with van der Waals surface area (Å²) in [5.74, 6) is 0.0966. The van der Waals surface area contributed by atoms with Crippen LogP contribution in [0, 0.1) is 0 Å². The second kappa shape index (κ2) is 3.42. The van der Waals surface area contributed by atoms with Crippen LogP contribution in [0.25, 0.3) is 0 Å². The van der Waals surface area contributed by atoms with Gasteiger partial charge in [-0.1, -0.05) is 30.3 Å². The van der Waals surface area contributed by atoms with E-state index in [1.165, 1.54) is 0 Å². The Kier molecular flexibility index (Phi) is 2.25. The maximum atomic E-state index is 11.2. The molecule has 1 atom stereocenters. The maximum absolute atomic E-state index is 11.2.